The number of nitrogens with one attached hydrogen (secondary N) is 1. The summed E-state index contributed by atoms with van der Waals surface area (Å²) in [6.45, 7) is 0. The summed E-state index contributed by atoms with van der Waals surface area (Å²) in [5.74, 6) is -1.51. The second-order valence-electron chi connectivity index (χ2n) is 4.57. The summed E-state index contributed by atoms with van der Waals surface area (Å²) in [6.07, 6.45) is 0. The summed E-state index contributed by atoms with van der Waals surface area (Å²) in [6, 6.07) is 11.2. The Bertz CT molecular complexity index is 916. The van der Waals surface area contributed by atoms with E-state index < -0.39 is 17.3 Å². The molecule has 3 aromatic rings. The summed E-state index contributed by atoms with van der Waals surface area (Å²) >= 11 is 0. The predicted molar refractivity (Wildman–Crippen MR) is 78.5 cm³/mol. The van der Waals surface area contributed by atoms with Crippen molar-refractivity contribution in [2.75, 3.05) is 5.32 Å². The molecule has 0 radical (unpaired) electrons. The first-order chi connectivity index (χ1) is 10.6. The topological polar surface area (TPSA) is 79.5 Å². The molecule has 22 heavy (non-hydrogen) atoms. The zero-order chi connectivity index (χ0) is 15.7. The highest BCUT2D eigenvalue weighted by Crippen LogP contribution is 2.29. The molecule has 0 aliphatic rings. The molecule has 1 amide bonds. The van der Waals surface area contributed by atoms with E-state index in [4.69, 9.17) is 4.42 Å². The van der Waals surface area contributed by atoms with Crippen LogP contribution in [0.15, 0.2) is 57.7 Å². The zero-order valence-corrected chi connectivity index (χ0v) is 11.2. The smallest absolute Gasteiger partial charge is 0.364 e. The van der Waals surface area contributed by atoms with Crippen LogP contribution >= 0.6 is 0 Å². The molecule has 0 bridgehead atoms. The van der Waals surface area contributed by atoms with Crippen LogP contribution in [0.5, 0.6) is 5.75 Å². The molecule has 6 heteroatoms. The fourth-order valence-electron chi connectivity index (χ4n) is 2.03. The van der Waals surface area contributed by atoms with Gasteiger partial charge in [0.25, 0.3) is 5.91 Å². The van der Waals surface area contributed by atoms with E-state index in [1.165, 1.54) is 18.2 Å². The zero-order valence-electron chi connectivity index (χ0n) is 11.2. The highest BCUT2D eigenvalue weighted by molar-refractivity contribution is 6.06. The van der Waals surface area contributed by atoms with Crippen LogP contribution in [0.3, 0.4) is 0 Å². The van der Waals surface area contributed by atoms with Gasteiger partial charge in [-0.25, -0.2) is 9.18 Å². The van der Waals surface area contributed by atoms with Crippen molar-refractivity contribution in [1.29, 1.82) is 0 Å². The fraction of sp³-hybridized carbons (Fsp3) is 0. The van der Waals surface area contributed by atoms with Crippen molar-refractivity contribution >= 4 is 22.6 Å². The van der Waals surface area contributed by atoms with Crippen LogP contribution in [-0.2, 0) is 0 Å². The number of aromatic hydroxyl groups is 1. The van der Waals surface area contributed by atoms with E-state index in [0.717, 1.165) is 12.1 Å². The van der Waals surface area contributed by atoms with Crippen molar-refractivity contribution in [2.24, 2.45) is 0 Å². The third-order valence-electron chi connectivity index (χ3n) is 3.13. The van der Waals surface area contributed by atoms with Gasteiger partial charge in [-0.1, -0.05) is 12.1 Å². The molecule has 5 nitrogen and oxygen atoms in total. The van der Waals surface area contributed by atoms with Gasteiger partial charge in [0.1, 0.15) is 11.4 Å². The lowest BCUT2D eigenvalue weighted by molar-refractivity contribution is 0.102. The average Bonchev–Trinajstić information content (AvgIpc) is 2.52. The number of hydrogen-bond acceptors (Lipinski definition) is 4. The van der Waals surface area contributed by atoms with Crippen molar-refractivity contribution in [1.82, 2.24) is 0 Å². The lowest BCUT2D eigenvalue weighted by Gasteiger charge is -2.08. The second-order valence-corrected chi connectivity index (χ2v) is 4.57. The molecule has 1 aromatic heterocycles. The summed E-state index contributed by atoms with van der Waals surface area (Å²) < 4.78 is 17.9. The maximum atomic E-state index is 12.8. The number of anilines is 1. The number of amides is 1. The van der Waals surface area contributed by atoms with Crippen LogP contribution in [0, 0.1) is 5.82 Å². The van der Waals surface area contributed by atoms with Gasteiger partial charge in [-0.15, -0.1) is 0 Å². The minimum absolute atomic E-state index is 0.147. The molecule has 0 saturated heterocycles. The number of hydrogen-bond donors (Lipinski definition) is 2. The molecule has 2 N–H and O–H groups in total. The van der Waals surface area contributed by atoms with Crippen molar-refractivity contribution in [3.8, 4) is 5.75 Å². The molecular formula is C16H10FNO4. The van der Waals surface area contributed by atoms with Crippen LogP contribution in [0.4, 0.5) is 10.1 Å². The van der Waals surface area contributed by atoms with E-state index >= 15 is 0 Å². The molecule has 0 aliphatic carbocycles. The van der Waals surface area contributed by atoms with Crippen LogP contribution in [0.25, 0.3) is 11.0 Å². The first-order valence-corrected chi connectivity index (χ1v) is 6.38. The summed E-state index contributed by atoms with van der Waals surface area (Å²) in [5.41, 5.74) is -0.863. The summed E-state index contributed by atoms with van der Waals surface area (Å²) in [5, 5.41) is 12.7. The van der Waals surface area contributed by atoms with E-state index in [2.05, 4.69) is 5.32 Å². The highest BCUT2D eigenvalue weighted by Gasteiger charge is 2.17. The molecule has 0 fully saturated rings. The Morgan fingerprint density at radius 3 is 2.50 bits per heavy atom. The molecule has 0 spiro atoms. The Hall–Kier alpha value is -3.15. The molecule has 3 rings (SSSR count). The molecule has 0 unspecified atom stereocenters. The van der Waals surface area contributed by atoms with Crippen molar-refractivity contribution in [3.63, 3.8) is 0 Å². The fourth-order valence-corrected chi connectivity index (χ4v) is 2.03. The minimum atomic E-state index is -0.869. The number of benzene rings is 2. The van der Waals surface area contributed by atoms with Gasteiger partial charge in [-0.3, -0.25) is 4.79 Å². The van der Waals surface area contributed by atoms with E-state index in [9.17, 15) is 19.1 Å². The lowest BCUT2D eigenvalue weighted by atomic mass is 10.2. The minimum Gasteiger partial charge on any atom is -0.505 e. The van der Waals surface area contributed by atoms with Crippen LogP contribution in [0.2, 0.25) is 0 Å². The van der Waals surface area contributed by atoms with Crippen molar-refractivity contribution in [3.05, 3.63) is 70.3 Å². The SMILES string of the molecule is O=C(Nc1c(O)c2ccccc2oc1=O)c1ccc(F)cc1. The average molecular weight is 299 g/mol. The molecular weight excluding hydrogens is 289 g/mol. The van der Waals surface area contributed by atoms with E-state index in [-0.39, 0.29) is 22.6 Å². The molecule has 2 aromatic carbocycles. The maximum Gasteiger partial charge on any atom is 0.364 e. The number of rotatable bonds is 2. The van der Waals surface area contributed by atoms with Gasteiger partial charge in [-0.2, -0.15) is 0 Å². The number of carbonyl (C=O) groups is 1. The lowest BCUT2D eigenvalue weighted by Crippen LogP contribution is -2.18. The van der Waals surface area contributed by atoms with E-state index in [0.29, 0.717) is 5.39 Å². The Morgan fingerprint density at radius 1 is 1.09 bits per heavy atom. The van der Waals surface area contributed by atoms with Gasteiger partial charge >= 0.3 is 5.63 Å². The Kier molecular flexibility index (Phi) is 3.34. The van der Waals surface area contributed by atoms with Gasteiger partial charge in [0.15, 0.2) is 11.4 Å². The van der Waals surface area contributed by atoms with E-state index in [1.54, 1.807) is 18.2 Å². The predicted octanol–water partition coefficient (Wildman–Crippen LogP) is 2.89. The first-order valence-electron chi connectivity index (χ1n) is 6.38. The molecule has 110 valence electrons. The molecule has 0 aliphatic heterocycles. The normalized spacial score (nSPS) is 10.6. The third kappa shape index (κ3) is 2.42. The Balaban J connectivity index is 2.02. The molecule has 0 atom stereocenters. The van der Waals surface area contributed by atoms with Gasteiger partial charge in [0.2, 0.25) is 0 Å². The van der Waals surface area contributed by atoms with Crippen LogP contribution < -0.4 is 10.9 Å². The number of fused-ring (bicyclic) bond motifs is 1. The van der Waals surface area contributed by atoms with Gasteiger partial charge < -0.3 is 14.8 Å². The second kappa shape index (κ2) is 5.33. The van der Waals surface area contributed by atoms with Gasteiger partial charge in [0.05, 0.1) is 5.39 Å². The Labute approximate surface area is 123 Å². The summed E-state index contributed by atoms with van der Waals surface area (Å²) in [4.78, 5) is 23.9. The molecule has 1 heterocycles. The third-order valence-corrected chi connectivity index (χ3v) is 3.13. The van der Waals surface area contributed by atoms with Gasteiger partial charge in [0, 0.05) is 5.56 Å². The van der Waals surface area contributed by atoms with Gasteiger partial charge in [-0.05, 0) is 36.4 Å². The van der Waals surface area contributed by atoms with Crippen LogP contribution in [-0.4, -0.2) is 11.0 Å². The van der Waals surface area contributed by atoms with Crippen molar-refractivity contribution in [2.45, 2.75) is 0 Å². The standard InChI is InChI=1S/C16H10FNO4/c17-10-7-5-9(6-8-10)15(20)18-13-14(19)11-3-1-2-4-12(11)22-16(13)21/h1-8,19H,(H,18,20). The van der Waals surface area contributed by atoms with Crippen LogP contribution in [0.1, 0.15) is 10.4 Å². The molecule has 0 saturated carbocycles. The number of halogens is 1. The number of carbonyl (C=O) groups excluding carboxylic acids is 1. The summed E-state index contributed by atoms with van der Waals surface area (Å²) in [7, 11) is 0. The van der Waals surface area contributed by atoms with Crippen molar-refractivity contribution < 1.29 is 18.7 Å². The highest BCUT2D eigenvalue weighted by atomic mass is 19.1. The number of para-hydroxylation sites is 1. The Morgan fingerprint density at radius 2 is 1.77 bits per heavy atom. The quantitative estimate of drug-likeness (QED) is 0.713. The maximum absolute atomic E-state index is 12.8. The van der Waals surface area contributed by atoms with E-state index in [1.807, 2.05) is 0 Å². The largest absolute Gasteiger partial charge is 0.505 e. The monoisotopic (exact) mass is 299 g/mol. The first kappa shape index (κ1) is 13.8.